The zero-order valence-corrected chi connectivity index (χ0v) is 16.5. The van der Waals surface area contributed by atoms with Crippen LogP contribution in [0, 0.1) is 13.8 Å². The molecule has 0 aliphatic heterocycles. The van der Waals surface area contributed by atoms with Crippen LogP contribution in [0.1, 0.15) is 28.8 Å². The lowest BCUT2D eigenvalue weighted by Crippen LogP contribution is -2.25. The van der Waals surface area contributed by atoms with E-state index in [1.807, 2.05) is 19.9 Å². The standard InChI is InChI=1S/C20H22N6O3/c1-13-12-14(2)26(25-13)19-9-8-18(23-24-19)20(28)22-16-4-6-17(7-5-16)29-11-10-21-15(3)27/h4-9,12H,10-11H2,1-3H3,(H,21,27)(H,22,28). The van der Waals surface area contributed by atoms with Crippen molar-refractivity contribution in [3.8, 4) is 11.6 Å². The average molecular weight is 394 g/mol. The van der Waals surface area contributed by atoms with Gasteiger partial charge in [0.1, 0.15) is 12.4 Å². The van der Waals surface area contributed by atoms with Crippen LogP contribution in [-0.2, 0) is 4.79 Å². The fourth-order valence-corrected chi connectivity index (χ4v) is 2.65. The highest BCUT2D eigenvalue weighted by Crippen LogP contribution is 2.16. The summed E-state index contributed by atoms with van der Waals surface area (Å²) in [5.41, 5.74) is 2.63. The first-order chi connectivity index (χ1) is 13.9. The lowest BCUT2D eigenvalue weighted by Gasteiger charge is -2.08. The van der Waals surface area contributed by atoms with Crippen molar-refractivity contribution in [2.45, 2.75) is 20.8 Å². The van der Waals surface area contributed by atoms with Crippen molar-refractivity contribution in [3.05, 3.63) is 59.5 Å². The molecule has 2 heterocycles. The minimum atomic E-state index is -0.364. The quantitative estimate of drug-likeness (QED) is 0.593. The molecule has 0 radical (unpaired) electrons. The maximum atomic E-state index is 12.4. The molecule has 2 amide bonds. The van der Waals surface area contributed by atoms with Crippen molar-refractivity contribution in [2.75, 3.05) is 18.5 Å². The molecule has 150 valence electrons. The number of benzene rings is 1. The summed E-state index contributed by atoms with van der Waals surface area (Å²) in [5.74, 6) is 0.727. The lowest BCUT2D eigenvalue weighted by molar-refractivity contribution is -0.119. The first-order valence-corrected chi connectivity index (χ1v) is 9.08. The summed E-state index contributed by atoms with van der Waals surface area (Å²) < 4.78 is 7.18. The van der Waals surface area contributed by atoms with E-state index in [9.17, 15) is 9.59 Å². The largest absolute Gasteiger partial charge is 0.492 e. The Labute approximate surface area is 168 Å². The van der Waals surface area contributed by atoms with Crippen LogP contribution < -0.4 is 15.4 Å². The highest BCUT2D eigenvalue weighted by Gasteiger charge is 2.11. The second-order valence-corrected chi connectivity index (χ2v) is 6.43. The Morgan fingerprint density at radius 3 is 2.41 bits per heavy atom. The third-order valence-electron chi connectivity index (χ3n) is 3.97. The smallest absolute Gasteiger partial charge is 0.276 e. The molecule has 0 saturated carbocycles. The number of hydrogen-bond acceptors (Lipinski definition) is 6. The Balaban J connectivity index is 1.57. The Morgan fingerprint density at radius 2 is 1.83 bits per heavy atom. The predicted octanol–water partition coefficient (Wildman–Crippen LogP) is 2.05. The van der Waals surface area contributed by atoms with Crippen molar-refractivity contribution in [1.29, 1.82) is 0 Å². The molecule has 2 N–H and O–H groups in total. The minimum absolute atomic E-state index is 0.0994. The molecule has 3 rings (SSSR count). The third-order valence-corrected chi connectivity index (χ3v) is 3.97. The summed E-state index contributed by atoms with van der Waals surface area (Å²) in [5, 5.41) is 17.9. The maximum absolute atomic E-state index is 12.4. The van der Waals surface area contributed by atoms with Gasteiger partial charge >= 0.3 is 0 Å². The number of rotatable bonds is 7. The fraction of sp³-hybridized carbons (Fsp3) is 0.250. The van der Waals surface area contributed by atoms with E-state index < -0.39 is 0 Å². The molecule has 0 saturated heterocycles. The molecule has 0 fully saturated rings. The zero-order chi connectivity index (χ0) is 20.8. The molecule has 0 atom stereocenters. The summed E-state index contributed by atoms with van der Waals surface area (Å²) in [6, 6.07) is 12.2. The number of hydrogen-bond donors (Lipinski definition) is 2. The summed E-state index contributed by atoms with van der Waals surface area (Å²) in [7, 11) is 0. The van der Waals surface area contributed by atoms with E-state index in [1.54, 1.807) is 41.1 Å². The number of aromatic nitrogens is 4. The molecule has 0 bridgehead atoms. The first-order valence-electron chi connectivity index (χ1n) is 9.08. The predicted molar refractivity (Wildman–Crippen MR) is 107 cm³/mol. The van der Waals surface area contributed by atoms with Crippen molar-refractivity contribution in [3.63, 3.8) is 0 Å². The van der Waals surface area contributed by atoms with Crippen LogP contribution in [0.4, 0.5) is 5.69 Å². The van der Waals surface area contributed by atoms with Gasteiger partial charge < -0.3 is 15.4 Å². The van der Waals surface area contributed by atoms with E-state index in [0.717, 1.165) is 11.4 Å². The number of nitrogens with zero attached hydrogens (tertiary/aromatic N) is 4. The van der Waals surface area contributed by atoms with Crippen molar-refractivity contribution < 1.29 is 14.3 Å². The highest BCUT2D eigenvalue weighted by atomic mass is 16.5. The van der Waals surface area contributed by atoms with Crippen molar-refractivity contribution in [1.82, 2.24) is 25.3 Å². The van der Waals surface area contributed by atoms with Crippen LogP contribution in [0.25, 0.3) is 5.82 Å². The van der Waals surface area contributed by atoms with E-state index in [-0.39, 0.29) is 17.5 Å². The summed E-state index contributed by atoms with van der Waals surface area (Å²) in [6.45, 7) is 6.07. The van der Waals surface area contributed by atoms with Gasteiger partial charge in [-0.15, -0.1) is 10.2 Å². The van der Waals surface area contributed by atoms with E-state index in [2.05, 4.69) is 25.9 Å². The molecule has 0 aliphatic carbocycles. The molecule has 1 aromatic carbocycles. The molecule has 0 aliphatic rings. The van der Waals surface area contributed by atoms with Crippen molar-refractivity contribution in [2.24, 2.45) is 0 Å². The summed E-state index contributed by atoms with van der Waals surface area (Å²) in [6.07, 6.45) is 0. The number of ether oxygens (including phenoxy) is 1. The molecule has 3 aromatic rings. The number of nitrogens with one attached hydrogen (secondary N) is 2. The van der Waals surface area contributed by atoms with Gasteiger partial charge in [0.25, 0.3) is 5.91 Å². The summed E-state index contributed by atoms with van der Waals surface area (Å²) in [4.78, 5) is 23.2. The number of aryl methyl sites for hydroxylation is 2. The third kappa shape index (κ3) is 5.38. The molecular formula is C20H22N6O3. The second-order valence-electron chi connectivity index (χ2n) is 6.43. The van der Waals surface area contributed by atoms with Gasteiger partial charge in [-0.05, 0) is 56.3 Å². The van der Waals surface area contributed by atoms with E-state index in [1.165, 1.54) is 6.92 Å². The van der Waals surface area contributed by atoms with Crippen LogP contribution in [0.3, 0.4) is 0 Å². The monoisotopic (exact) mass is 394 g/mol. The fourth-order valence-electron chi connectivity index (χ4n) is 2.65. The van der Waals surface area contributed by atoms with Gasteiger partial charge in [0.2, 0.25) is 5.91 Å². The summed E-state index contributed by atoms with van der Waals surface area (Å²) >= 11 is 0. The number of carbonyl (C=O) groups is 2. The zero-order valence-electron chi connectivity index (χ0n) is 16.5. The Kier molecular flexibility index (Phi) is 6.18. The number of carbonyl (C=O) groups excluding carboxylic acids is 2. The Hall–Kier alpha value is -3.75. The van der Waals surface area contributed by atoms with E-state index in [4.69, 9.17) is 4.74 Å². The average Bonchev–Trinajstić information content (AvgIpc) is 3.04. The normalized spacial score (nSPS) is 10.4. The molecule has 0 spiro atoms. The van der Waals surface area contributed by atoms with Gasteiger partial charge in [0, 0.05) is 18.3 Å². The molecule has 9 nitrogen and oxygen atoms in total. The van der Waals surface area contributed by atoms with Gasteiger partial charge in [-0.1, -0.05) is 0 Å². The lowest BCUT2D eigenvalue weighted by atomic mass is 10.3. The molecule has 0 unspecified atom stereocenters. The maximum Gasteiger partial charge on any atom is 0.276 e. The molecule has 2 aromatic heterocycles. The van der Waals surface area contributed by atoms with Gasteiger partial charge in [-0.3, -0.25) is 9.59 Å². The van der Waals surface area contributed by atoms with Gasteiger partial charge in [-0.2, -0.15) is 5.10 Å². The van der Waals surface area contributed by atoms with Gasteiger partial charge in [0.15, 0.2) is 11.5 Å². The topological polar surface area (TPSA) is 111 Å². The van der Waals surface area contributed by atoms with E-state index >= 15 is 0 Å². The van der Waals surface area contributed by atoms with Gasteiger partial charge in [0.05, 0.1) is 12.2 Å². The molecular weight excluding hydrogens is 372 g/mol. The van der Waals surface area contributed by atoms with Crippen molar-refractivity contribution >= 4 is 17.5 Å². The Bertz CT molecular complexity index is 996. The van der Waals surface area contributed by atoms with Crippen LogP contribution in [0.2, 0.25) is 0 Å². The SMILES string of the molecule is CC(=O)NCCOc1ccc(NC(=O)c2ccc(-n3nc(C)cc3C)nn2)cc1. The molecule has 29 heavy (non-hydrogen) atoms. The van der Waals surface area contributed by atoms with Crippen LogP contribution in [-0.4, -0.2) is 44.9 Å². The minimum Gasteiger partial charge on any atom is -0.492 e. The van der Waals surface area contributed by atoms with Crippen LogP contribution in [0.5, 0.6) is 5.75 Å². The number of anilines is 1. The molecule has 9 heteroatoms. The van der Waals surface area contributed by atoms with Crippen LogP contribution >= 0.6 is 0 Å². The second kappa shape index (κ2) is 8.96. The highest BCUT2D eigenvalue weighted by molar-refractivity contribution is 6.02. The Morgan fingerprint density at radius 1 is 1.07 bits per heavy atom. The van der Waals surface area contributed by atoms with Gasteiger partial charge in [-0.25, -0.2) is 4.68 Å². The van der Waals surface area contributed by atoms with E-state index in [0.29, 0.717) is 30.4 Å². The number of amides is 2. The first kappa shape index (κ1) is 20.0. The van der Waals surface area contributed by atoms with Crippen LogP contribution in [0.15, 0.2) is 42.5 Å².